The minimum Gasteiger partial charge on any atom is -0.384 e. The van der Waals surface area contributed by atoms with Crippen LogP contribution in [0.4, 0.5) is 5.82 Å². The van der Waals surface area contributed by atoms with Gasteiger partial charge in [-0.15, -0.1) is 0 Å². The Bertz CT molecular complexity index is 1280. The van der Waals surface area contributed by atoms with E-state index in [9.17, 15) is 9.90 Å². The summed E-state index contributed by atoms with van der Waals surface area (Å²) in [7, 11) is 1.67. The van der Waals surface area contributed by atoms with Crippen molar-refractivity contribution in [2.75, 3.05) is 5.32 Å². The van der Waals surface area contributed by atoms with E-state index in [-0.39, 0.29) is 11.6 Å². The van der Waals surface area contributed by atoms with E-state index in [0.29, 0.717) is 28.1 Å². The van der Waals surface area contributed by atoms with E-state index in [1.54, 1.807) is 39.2 Å². The van der Waals surface area contributed by atoms with E-state index in [4.69, 9.17) is 4.98 Å². The first-order valence-electron chi connectivity index (χ1n) is 10.1. The topological polar surface area (TPSA) is 92.9 Å². The highest BCUT2D eigenvalue weighted by atomic mass is 16.3. The van der Waals surface area contributed by atoms with Crippen molar-refractivity contribution < 1.29 is 5.11 Å². The molecular weight excluding hydrogens is 390 g/mol. The van der Waals surface area contributed by atoms with Crippen molar-refractivity contribution in [2.45, 2.75) is 32.4 Å². The van der Waals surface area contributed by atoms with Crippen molar-refractivity contribution in [1.82, 2.24) is 19.5 Å². The van der Waals surface area contributed by atoms with Gasteiger partial charge in [0.2, 0.25) is 0 Å². The third-order valence-corrected chi connectivity index (χ3v) is 5.24. The van der Waals surface area contributed by atoms with Gasteiger partial charge in [0.1, 0.15) is 16.8 Å². The number of benzene rings is 1. The molecule has 3 aromatic heterocycles. The van der Waals surface area contributed by atoms with Gasteiger partial charge in [0.15, 0.2) is 0 Å². The van der Waals surface area contributed by atoms with Crippen molar-refractivity contribution in [3.63, 3.8) is 0 Å². The molecule has 0 aliphatic heterocycles. The Kier molecular flexibility index (Phi) is 5.29. The number of rotatable bonds is 5. The number of pyridine rings is 2. The van der Waals surface area contributed by atoms with Crippen molar-refractivity contribution >= 4 is 16.7 Å². The summed E-state index contributed by atoms with van der Waals surface area (Å²) in [5, 5.41) is 14.0. The number of aromatic nitrogens is 4. The van der Waals surface area contributed by atoms with Crippen molar-refractivity contribution in [3.8, 4) is 11.3 Å². The van der Waals surface area contributed by atoms with Crippen LogP contribution in [0.1, 0.15) is 38.1 Å². The fourth-order valence-electron chi connectivity index (χ4n) is 3.41. The van der Waals surface area contributed by atoms with E-state index in [0.717, 1.165) is 11.1 Å². The predicted octanol–water partition coefficient (Wildman–Crippen LogP) is 3.79. The molecule has 4 rings (SSSR count). The van der Waals surface area contributed by atoms with Crippen LogP contribution in [0.5, 0.6) is 0 Å². The lowest BCUT2D eigenvalue weighted by Crippen LogP contribution is -2.20. The first-order chi connectivity index (χ1) is 14.7. The molecular formula is C24H25N5O2. The van der Waals surface area contributed by atoms with Crippen molar-refractivity contribution in [2.24, 2.45) is 7.05 Å². The lowest BCUT2D eigenvalue weighted by atomic mass is 10.0. The van der Waals surface area contributed by atoms with E-state index >= 15 is 0 Å². The number of aryl methyl sites for hydroxylation is 1. The summed E-state index contributed by atoms with van der Waals surface area (Å²) < 4.78 is 1.45. The standard InChI is InChI=1S/C24H25N5O2/c1-15(16-8-6-5-7-9-16)27-22-21-19(26-14-29(4)23(21)30)12-18(28-22)17-10-11-20(25-13-17)24(2,3)31/h5-15,31H,1-4H3,(H,27,28)/t15-/m0/s1. The van der Waals surface area contributed by atoms with Crippen molar-refractivity contribution in [3.05, 3.63) is 82.7 Å². The zero-order chi connectivity index (χ0) is 22.2. The first-order valence-corrected chi connectivity index (χ1v) is 10.1. The highest BCUT2D eigenvalue weighted by Crippen LogP contribution is 2.28. The maximum Gasteiger partial charge on any atom is 0.264 e. The summed E-state index contributed by atoms with van der Waals surface area (Å²) in [4.78, 5) is 26.5. The van der Waals surface area contributed by atoms with Gasteiger partial charge in [0.25, 0.3) is 5.56 Å². The number of hydrogen-bond acceptors (Lipinski definition) is 6. The molecule has 4 aromatic rings. The molecule has 0 aliphatic rings. The normalized spacial score (nSPS) is 12.7. The van der Waals surface area contributed by atoms with Crippen LogP contribution in [0, 0.1) is 0 Å². The van der Waals surface area contributed by atoms with Gasteiger partial charge < -0.3 is 15.0 Å². The molecule has 158 valence electrons. The molecule has 0 radical (unpaired) electrons. The van der Waals surface area contributed by atoms with Crippen molar-refractivity contribution in [1.29, 1.82) is 0 Å². The van der Waals surface area contributed by atoms with Gasteiger partial charge >= 0.3 is 0 Å². The Morgan fingerprint density at radius 1 is 1.10 bits per heavy atom. The van der Waals surface area contributed by atoms with E-state index in [2.05, 4.69) is 15.3 Å². The average Bonchev–Trinajstić information content (AvgIpc) is 2.76. The molecule has 0 spiro atoms. The Labute approximate surface area is 180 Å². The quantitative estimate of drug-likeness (QED) is 0.515. The van der Waals surface area contributed by atoms with Gasteiger partial charge in [-0.3, -0.25) is 9.78 Å². The summed E-state index contributed by atoms with van der Waals surface area (Å²) in [6.45, 7) is 5.40. The van der Waals surface area contributed by atoms with Gasteiger partial charge in [0, 0.05) is 24.8 Å². The van der Waals surface area contributed by atoms with Crippen LogP contribution in [0.15, 0.2) is 65.8 Å². The number of nitrogens with one attached hydrogen (secondary N) is 1. The number of anilines is 1. The van der Waals surface area contributed by atoms with E-state index < -0.39 is 5.60 Å². The summed E-state index contributed by atoms with van der Waals surface area (Å²) in [5.41, 5.74) is 2.43. The SMILES string of the molecule is C[C@H](Nc1nc(-c2ccc(C(C)(C)O)nc2)cc2ncn(C)c(=O)c12)c1ccccc1. The molecule has 0 bridgehead atoms. The van der Waals surface area contributed by atoms with Crippen LogP contribution in [-0.2, 0) is 12.6 Å². The van der Waals surface area contributed by atoms with E-state index in [1.165, 1.54) is 10.9 Å². The third kappa shape index (κ3) is 4.18. The summed E-state index contributed by atoms with van der Waals surface area (Å²) in [5.74, 6) is 0.476. The second-order valence-corrected chi connectivity index (χ2v) is 8.18. The molecule has 7 heteroatoms. The van der Waals surface area contributed by atoms with Gasteiger partial charge in [-0.25, -0.2) is 9.97 Å². The minimum absolute atomic E-state index is 0.0623. The maximum atomic E-state index is 12.9. The maximum absolute atomic E-state index is 12.9. The molecule has 0 unspecified atom stereocenters. The molecule has 0 saturated heterocycles. The molecule has 3 heterocycles. The Balaban J connectivity index is 1.83. The smallest absolute Gasteiger partial charge is 0.264 e. The monoisotopic (exact) mass is 415 g/mol. The molecule has 2 N–H and O–H groups in total. The van der Waals surface area contributed by atoms with Gasteiger partial charge in [-0.1, -0.05) is 30.3 Å². The zero-order valence-corrected chi connectivity index (χ0v) is 18.0. The molecule has 31 heavy (non-hydrogen) atoms. The molecule has 1 atom stereocenters. The molecule has 1 aromatic carbocycles. The third-order valence-electron chi connectivity index (χ3n) is 5.24. The van der Waals surface area contributed by atoms with Crippen LogP contribution in [0.3, 0.4) is 0 Å². The highest BCUT2D eigenvalue weighted by molar-refractivity contribution is 5.91. The minimum atomic E-state index is -1.03. The average molecular weight is 415 g/mol. The lowest BCUT2D eigenvalue weighted by molar-refractivity contribution is 0.0739. The second kappa shape index (κ2) is 7.92. The summed E-state index contributed by atoms with van der Waals surface area (Å²) in [6.07, 6.45) is 3.18. The van der Waals surface area contributed by atoms with Crippen LogP contribution < -0.4 is 10.9 Å². The van der Waals surface area contributed by atoms with Gasteiger partial charge in [-0.05, 0) is 44.5 Å². The van der Waals surface area contributed by atoms with Crippen LogP contribution >= 0.6 is 0 Å². The fourth-order valence-corrected chi connectivity index (χ4v) is 3.41. The number of fused-ring (bicyclic) bond motifs is 1. The largest absolute Gasteiger partial charge is 0.384 e. The predicted molar refractivity (Wildman–Crippen MR) is 122 cm³/mol. The van der Waals surface area contributed by atoms with Crippen LogP contribution in [-0.4, -0.2) is 24.6 Å². The van der Waals surface area contributed by atoms with E-state index in [1.807, 2.05) is 43.3 Å². The molecule has 0 fully saturated rings. The molecule has 7 nitrogen and oxygen atoms in total. The zero-order valence-electron chi connectivity index (χ0n) is 18.0. The van der Waals surface area contributed by atoms with Gasteiger partial charge in [-0.2, -0.15) is 0 Å². The first kappa shape index (κ1) is 20.7. The Hall–Kier alpha value is -3.58. The number of hydrogen-bond donors (Lipinski definition) is 2. The highest BCUT2D eigenvalue weighted by Gasteiger charge is 2.19. The Morgan fingerprint density at radius 3 is 2.48 bits per heavy atom. The lowest BCUT2D eigenvalue weighted by Gasteiger charge is -2.18. The van der Waals surface area contributed by atoms with Crippen LogP contribution in [0.25, 0.3) is 22.2 Å². The van der Waals surface area contributed by atoms with Gasteiger partial charge in [0.05, 0.1) is 23.2 Å². The molecule has 0 saturated carbocycles. The summed E-state index contributed by atoms with van der Waals surface area (Å²) >= 11 is 0. The second-order valence-electron chi connectivity index (χ2n) is 8.18. The van der Waals surface area contributed by atoms with Crippen LogP contribution in [0.2, 0.25) is 0 Å². The summed E-state index contributed by atoms with van der Waals surface area (Å²) in [6, 6.07) is 15.3. The number of nitrogens with zero attached hydrogens (tertiary/aromatic N) is 4. The molecule has 0 amide bonds. The molecule has 0 aliphatic carbocycles. The Morgan fingerprint density at radius 2 is 1.84 bits per heavy atom. The number of aliphatic hydroxyl groups is 1. The fraction of sp³-hybridized carbons (Fsp3) is 0.250.